The molecule has 0 radical (unpaired) electrons. The normalized spacial score (nSPS) is 25.2. The molecule has 0 amide bonds. The molecule has 10 nitrogen and oxygen atoms in total. The van der Waals surface area contributed by atoms with E-state index in [-0.39, 0.29) is 39.7 Å². The summed E-state index contributed by atoms with van der Waals surface area (Å²) < 4.78 is 31.3. The number of aromatic amines is 1. The lowest BCUT2D eigenvalue weighted by atomic mass is 9.95. The molecule has 10 rings (SSSR count). The number of hydrogen-bond donors (Lipinski definition) is 3. The van der Waals surface area contributed by atoms with Gasteiger partial charge in [0.05, 0.1) is 27.4 Å². The van der Waals surface area contributed by atoms with E-state index >= 15 is 4.39 Å². The second-order valence-electron chi connectivity index (χ2n) is 13.3. The van der Waals surface area contributed by atoms with Gasteiger partial charge in [-0.05, 0) is 63.2 Å². The Morgan fingerprint density at radius 3 is 2.89 bits per heavy atom. The molecule has 5 aromatic rings. The molecule has 13 heteroatoms. The number of fused-ring (bicyclic) bond motifs is 9. The van der Waals surface area contributed by atoms with Crippen LogP contribution in [-0.2, 0) is 0 Å². The van der Waals surface area contributed by atoms with E-state index in [4.69, 9.17) is 36.8 Å². The van der Waals surface area contributed by atoms with Gasteiger partial charge in [0.2, 0.25) is 0 Å². The number of anilines is 2. The number of nitrogen functional groups attached to an aromatic ring is 1. The van der Waals surface area contributed by atoms with Crippen molar-refractivity contribution in [3.8, 4) is 22.9 Å². The van der Waals surface area contributed by atoms with Crippen molar-refractivity contribution in [3.05, 3.63) is 29.0 Å². The summed E-state index contributed by atoms with van der Waals surface area (Å²) in [6.45, 7) is 3.83. The maximum absolute atomic E-state index is 17.3. The number of hydrogen-bond acceptors (Lipinski definition) is 10. The summed E-state index contributed by atoms with van der Waals surface area (Å²) >= 11 is 8.72. The maximum atomic E-state index is 17.3. The molecule has 4 saturated heterocycles. The zero-order chi connectivity index (χ0) is 30.0. The highest BCUT2D eigenvalue weighted by molar-refractivity contribution is 7.25. The molecule has 0 spiro atoms. The number of H-pyrrole nitrogens is 1. The number of rotatable bonds is 4. The van der Waals surface area contributed by atoms with Crippen LogP contribution in [0.25, 0.3) is 42.3 Å². The van der Waals surface area contributed by atoms with E-state index in [1.807, 2.05) is 18.2 Å². The molecular formula is C32H32ClFN8O2S. The Hall–Kier alpha value is -3.45. The van der Waals surface area contributed by atoms with Crippen molar-refractivity contribution >= 4 is 65.8 Å². The van der Waals surface area contributed by atoms with Crippen molar-refractivity contribution in [1.82, 2.24) is 30.4 Å². The van der Waals surface area contributed by atoms with Crippen LogP contribution in [0.1, 0.15) is 38.5 Å². The summed E-state index contributed by atoms with van der Waals surface area (Å²) in [7, 11) is 0. The van der Waals surface area contributed by atoms with Crippen molar-refractivity contribution < 1.29 is 13.9 Å². The Morgan fingerprint density at radius 1 is 1.16 bits per heavy atom. The van der Waals surface area contributed by atoms with Crippen molar-refractivity contribution in [2.45, 2.75) is 62.2 Å². The maximum Gasteiger partial charge on any atom is 0.319 e. The van der Waals surface area contributed by atoms with Crippen LogP contribution < -0.4 is 25.4 Å². The Labute approximate surface area is 267 Å². The van der Waals surface area contributed by atoms with Gasteiger partial charge in [-0.3, -0.25) is 10.00 Å². The highest BCUT2D eigenvalue weighted by Crippen LogP contribution is 2.52. The van der Waals surface area contributed by atoms with Crippen LogP contribution in [0.3, 0.4) is 0 Å². The topological polar surface area (TPSA) is 117 Å². The molecule has 3 atom stereocenters. The largest absolute Gasteiger partial charge is 0.489 e. The smallest absolute Gasteiger partial charge is 0.319 e. The summed E-state index contributed by atoms with van der Waals surface area (Å²) in [4.78, 5) is 15.4. The number of halogens is 2. The molecule has 8 heterocycles. The van der Waals surface area contributed by atoms with Crippen LogP contribution in [-0.4, -0.2) is 81.6 Å². The van der Waals surface area contributed by atoms with Gasteiger partial charge in [0.1, 0.15) is 35.2 Å². The first-order chi connectivity index (χ1) is 22.0. The summed E-state index contributed by atoms with van der Waals surface area (Å²) in [5.74, 6) is 0.959. The van der Waals surface area contributed by atoms with Crippen LogP contribution in [0.4, 0.5) is 16.0 Å². The second-order valence-corrected chi connectivity index (χ2v) is 14.7. The first-order valence-electron chi connectivity index (χ1n) is 15.9. The molecule has 45 heavy (non-hydrogen) atoms. The van der Waals surface area contributed by atoms with Gasteiger partial charge in [0.25, 0.3) is 0 Å². The van der Waals surface area contributed by atoms with Crippen molar-refractivity contribution in [1.29, 1.82) is 0 Å². The van der Waals surface area contributed by atoms with Gasteiger partial charge in [-0.1, -0.05) is 23.7 Å². The molecule has 4 N–H and O–H groups in total. The lowest BCUT2D eigenvalue weighted by molar-refractivity contribution is 0.108. The third-order valence-corrected chi connectivity index (χ3v) is 12.4. The molecule has 3 aromatic heterocycles. The van der Waals surface area contributed by atoms with Crippen molar-refractivity contribution in [2.24, 2.45) is 0 Å². The minimum absolute atomic E-state index is 0.00555. The number of ether oxygens (including phenoxy) is 2. The quantitative estimate of drug-likeness (QED) is 0.234. The molecule has 4 fully saturated rings. The number of benzene rings is 2. The monoisotopic (exact) mass is 646 g/mol. The van der Waals surface area contributed by atoms with Crippen LogP contribution in [0.5, 0.6) is 11.8 Å². The van der Waals surface area contributed by atoms with Gasteiger partial charge < -0.3 is 25.4 Å². The van der Waals surface area contributed by atoms with E-state index in [1.165, 1.54) is 11.3 Å². The van der Waals surface area contributed by atoms with Gasteiger partial charge in [0, 0.05) is 34.3 Å². The predicted octanol–water partition coefficient (Wildman–Crippen LogP) is 5.47. The van der Waals surface area contributed by atoms with E-state index in [0.29, 0.717) is 47.6 Å². The fraction of sp³-hybridized carbons (Fsp3) is 0.469. The molecule has 232 valence electrons. The van der Waals surface area contributed by atoms with Gasteiger partial charge in [-0.15, -0.1) is 11.3 Å². The Morgan fingerprint density at radius 2 is 2.02 bits per heavy atom. The van der Waals surface area contributed by atoms with E-state index < -0.39 is 5.82 Å². The summed E-state index contributed by atoms with van der Waals surface area (Å²) in [5, 5.41) is 13.3. The lowest BCUT2D eigenvalue weighted by Gasteiger charge is -2.40. The average Bonchev–Trinajstić information content (AvgIpc) is 3.84. The van der Waals surface area contributed by atoms with Gasteiger partial charge in [-0.2, -0.15) is 15.1 Å². The van der Waals surface area contributed by atoms with E-state index in [1.54, 1.807) is 0 Å². The Kier molecular flexibility index (Phi) is 5.67. The predicted molar refractivity (Wildman–Crippen MR) is 174 cm³/mol. The minimum atomic E-state index is -0.525. The van der Waals surface area contributed by atoms with E-state index in [0.717, 1.165) is 78.5 Å². The van der Waals surface area contributed by atoms with Gasteiger partial charge in [-0.25, -0.2) is 4.39 Å². The number of aromatic nitrogens is 4. The summed E-state index contributed by atoms with van der Waals surface area (Å²) in [5.41, 5.74) is 7.35. The van der Waals surface area contributed by atoms with Crippen LogP contribution in [0, 0.1) is 5.82 Å². The highest BCUT2D eigenvalue weighted by Gasteiger charge is 2.46. The van der Waals surface area contributed by atoms with Crippen LogP contribution >= 0.6 is 22.9 Å². The SMILES string of the molecule is Nc1[nH]nc2sc3cccc(-c4c(Cl)c5c6c(nc(OCC78CCCN7CCC8)nc6c4F)N4C[C@H]6CC[C@H](N6)[C@H]4CO5)c3c12. The standard InChI is InChI=1S/C32H32ClFN8O2S/c33-24-21(16-4-1-5-19-20(16)22-28(35)39-40-30(22)45-19)25(34)26-23-27(24)43-13-18-17-7-6-15(36-17)12-42(18)29(23)38-31(37-26)44-14-32-8-2-10-41(32)11-3-9-32/h1,4-5,15,17-18,36H,2-3,6-14H2,(H3,35,39,40)/t15-,17+,18-/m1/s1. The molecule has 0 unspecified atom stereocenters. The van der Waals surface area contributed by atoms with Gasteiger partial charge in [0.15, 0.2) is 11.6 Å². The molecule has 0 saturated carbocycles. The lowest BCUT2D eigenvalue weighted by Crippen LogP contribution is -2.60. The molecular weight excluding hydrogens is 615 g/mol. The fourth-order valence-electron chi connectivity index (χ4n) is 8.89. The number of nitrogens with zero attached hydrogens (tertiary/aromatic N) is 5. The van der Waals surface area contributed by atoms with Crippen molar-refractivity contribution in [3.63, 3.8) is 0 Å². The Bertz CT molecular complexity index is 2040. The molecule has 2 bridgehead atoms. The fourth-order valence-corrected chi connectivity index (χ4v) is 10.3. The second kappa shape index (κ2) is 9.54. The number of nitrogens with two attached hydrogens (primary N) is 1. The Balaban J connectivity index is 1.20. The number of nitrogens with one attached hydrogen (secondary N) is 2. The average molecular weight is 647 g/mol. The highest BCUT2D eigenvalue weighted by atomic mass is 35.5. The van der Waals surface area contributed by atoms with Gasteiger partial charge >= 0.3 is 6.01 Å². The molecule has 5 aliphatic heterocycles. The molecule has 0 aliphatic carbocycles. The third-order valence-electron chi connectivity index (χ3n) is 11.0. The summed E-state index contributed by atoms with van der Waals surface area (Å²) in [6.07, 6.45) is 6.66. The van der Waals surface area contributed by atoms with Crippen LogP contribution in [0.15, 0.2) is 18.2 Å². The van der Waals surface area contributed by atoms with Crippen LogP contribution in [0.2, 0.25) is 5.02 Å². The minimum Gasteiger partial charge on any atom is -0.489 e. The number of thiophene rings is 1. The van der Waals surface area contributed by atoms with E-state index in [2.05, 4.69) is 25.3 Å². The van der Waals surface area contributed by atoms with Crippen molar-refractivity contribution in [2.75, 3.05) is 43.5 Å². The first-order valence-corrected chi connectivity index (χ1v) is 17.1. The molecule has 5 aliphatic rings. The number of piperazine rings is 1. The molecule has 2 aromatic carbocycles. The zero-order valence-electron chi connectivity index (χ0n) is 24.5. The van der Waals surface area contributed by atoms with E-state index in [9.17, 15) is 0 Å². The first kappa shape index (κ1) is 26.7. The third kappa shape index (κ3) is 3.70. The zero-order valence-corrected chi connectivity index (χ0v) is 26.1. The summed E-state index contributed by atoms with van der Waals surface area (Å²) in [6, 6.07) is 6.58.